The third kappa shape index (κ3) is 22.3. The van der Waals surface area contributed by atoms with Gasteiger partial charge >= 0.3 is 288 Å². The third-order valence-corrected chi connectivity index (χ3v) is 22.0. The summed E-state index contributed by atoms with van der Waals surface area (Å²) in [5.74, 6) is 0. The number of hydrogen-bond donors (Lipinski definition) is 0. The van der Waals surface area contributed by atoms with Gasteiger partial charge in [0.15, 0.2) is 0 Å². The third-order valence-electron chi connectivity index (χ3n) is 6.02. The van der Waals surface area contributed by atoms with E-state index in [0.29, 0.717) is 39.6 Å². The van der Waals surface area contributed by atoms with Crippen LogP contribution in [0.15, 0.2) is 0 Å². The van der Waals surface area contributed by atoms with E-state index < -0.39 is 51.3 Å². The van der Waals surface area contributed by atoms with Crippen LogP contribution in [0.3, 0.4) is 0 Å². The van der Waals surface area contributed by atoms with Crippen LogP contribution in [0.4, 0.5) is 0 Å². The van der Waals surface area contributed by atoms with Crippen molar-refractivity contribution in [3.63, 3.8) is 0 Å². The van der Waals surface area contributed by atoms with Crippen molar-refractivity contribution >= 4 is 18.1 Å². The monoisotopic (exact) mass is 762 g/mol. The molecule has 0 radical (unpaired) electrons. The van der Waals surface area contributed by atoms with Crippen molar-refractivity contribution in [3.8, 4) is 0 Å². The van der Waals surface area contributed by atoms with Crippen LogP contribution in [-0.4, -0.2) is 68.9 Å². The Hall–Kier alpha value is 0.917. The molecule has 0 rings (SSSR count). The molecule has 0 amide bonds. The van der Waals surface area contributed by atoms with Crippen molar-refractivity contribution in [1.29, 1.82) is 0 Å². The van der Waals surface area contributed by atoms with E-state index >= 15 is 0 Å². The quantitative estimate of drug-likeness (QED) is 0.0521. The molecule has 0 bridgehead atoms. The Balaban J connectivity index is 7.32. The van der Waals surface area contributed by atoms with Gasteiger partial charge in [-0.25, -0.2) is 0 Å². The SMILES string of the molecule is CCCCO[Si](OCCCC)(OCCCC)[O][Zr]([O]C(C)(C)C)([O]C(C)(C)C)[O][Si](OCCCC)(OCCCC)OCCCC. The molecule has 0 saturated heterocycles. The first kappa shape index (κ1) is 45.9. The summed E-state index contributed by atoms with van der Waals surface area (Å²) in [6.45, 7) is 27.0. The van der Waals surface area contributed by atoms with Crippen molar-refractivity contribution in [1.82, 2.24) is 0 Å². The van der Waals surface area contributed by atoms with Gasteiger partial charge in [-0.3, -0.25) is 0 Å². The Kier molecular flexibility index (Phi) is 25.5. The average molecular weight is 764 g/mol. The molecule has 45 heavy (non-hydrogen) atoms. The standard InChI is InChI=1S/2C12H27O4Si.2C4H9O.Zr/c2*1-4-7-10-14-17(13,15-11-8-5-2)16-12-9-6-3;2*1-4(2,3)5;/h2*4-12H2,1-3H3;2*1-3H3;/q4*-1;+4. The molecule has 0 fully saturated rings. The zero-order valence-corrected chi connectivity index (χ0v) is 35.8. The molecule has 0 aromatic carbocycles. The summed E-state index contributed by atoms with van der Waals surface area (Å²) in [6, 6.07) is 0. The molecular weight excluding hydrogens is 692 g/mol. The molecule has 0 aromatic rings. The van der Waals surface area contributed by atoms with E-state index in [1.807, 2.05) is 41.5 Å². The molecule has 0 heterocycles. The van der Waals surface area contributed by atoms with Gasteiger partial charge in [-0.05, 0) is 0 Å². The van der Waals surface area contributed by atoms with Crippen LogP contribution in [0.5, 0.6) is 0 Å². The molecule has 0 aliphatic carbocycles. The van der Waals surface area contributed by atoms with Crippen LogP contribution in [0.1, 0.15) is 160 Å². The van der Waals surface area contributed by atoms with Gasteiger partial charge in [-0.2, -0.15) is 0 Å². The molecule has 0 unspecified atom stereocenters. The Labute approximate surface area is 287 Å². The Morgan fingerprint density at radius 1 is 0.378 bits per heavy atom. The summed E-state index contributed by atoms with van der Waals surface area (Å²) in [6.07, 6.45) is 10.7. The second-order valence-corrected chi connectivity index (χ2v) is 24.0. The van der Waals surface area contributed by atoms with E-state index in [-0.39, 0.29) is 0 Å². The number of rotatable bonds is 30. The zero-order valence-electron chi connectivity index (χ0n) is 31.3. The van der Waals surface area contributed by atoms with Crippen LogP contribution in [-0.2, 0) is 59.2 Å². The fourth-order valence-electron chi connectivity index (χ4n) is 3.66. The first-order valence-electron chi connectivity index (χ1n) is 17.8. The van der Waals surface area contributed by atoms with Crippen molar-refractivity contribution in [2.24, 2.45) is 0 Å². The van der Waals surface area contributed by atoms with Crippen LogP contribution in [0.2, 0.25) is 0 Å². The zero-order chi connectivity index (χ0) is 34.3. The number of hydrogen-bond acceptors (Lipinski definition) is 10. The maximum atomic E-state index is 7.10. The topological polar surface area (TPSA) is 92.3 Å². The summed E-state index contributed by atoms with van der Waals surface area (Å²) >= 11 is -5.41. The predicted octanol–water partition coefficient (Wildman–Crippen LogP) is 9.24. The van der Waals surface area contributed by atoms with Gasteiger partial charge < -0.3 is 0 Å². The van der Waals surface area contributed by atoms with Gasteiger partial charge in [0.1, 0.15) is 0 Å². The molecule has 272 valence electrons. The van der Waals surface area contributed by atoms with Gasteiger partial charge in [0, 0.05) is 0 Å². The minimum absolute atomic E-state index is 0.420. The van der Waals surface area contributed by atoms with E-state index in [1.54, 1.807) is 0 Å². The fourth-order valence-corrected chi connectivity index (χ4v) is 20.9. The average Bonchev–Trinajstić information content (AvgIpc) is 2.92. The van der Waals surface area contributed by atoms with E-state index in [4.69, 9.17) is 37.2 Å². The molecule has 10 nitrogen and oxygen atoms in total. The van der Waals surface area contributed by atoms with E-state index in [2.05, 4.69) is 41.5 Å². The summed E-state index contributed by atoms with van der Waals surface area (Å²) in [5.41, 5.74) is -1.43. The molecule has 0 aromatic heterocycles. The van der Waals surface area contributed by atoms with Crippen molar-refractivity contribution in [2.75, 3.05) is 39.6 Å². The van der Waals surface area contributed by atoms with Crippen molar-refractivity contribution in [3.05, 3.63) is 0 Å². The van der Waals surface area contributed by atoms with Crippen LogP contribution < -0.4 is 0 Å². The molecule has 0 atom stereocenters. The molecule has 13 heteroatoms. The van der Waals surface area contributed by atoms with E-state index in [1.165, 1.54) is 0 Å². The molecule has 0 aliphatic rings. The van der Waals surface area contributed by atoms with Gasteiger partial charge in [0.2, 0.25) is 0 Å². The minimum atomic E-state index is -5.41. The van der Waals surface area contributed by atoms with Crippen LogP contribution in [0.25, 0.3) is 0 Å². The summed E-state index contributed by atoms with van der Waals surface area (Å²) in [5, 5.41) is 0. The van der Waals surface area contributed by atoms with Crippen LogP contribution in [0, 0.1) is 0 Å². The first-order valence-corrected chi connectivity index (χ1v) is 25.1. The number of unbranched alkanes of at least 4 members (excludes halogenated alkanes) is 6. The van der Waals surface area contributed by atoms with Crippen molar-refractivity contribution in [2.45, 2.75) is 171 Å². The normalized spacial score (nSPS) is 13.6. The summed E-state index contributed by atoms with van der Waals surface area (Å²) < 4.78 is 67.2. The second-order valence-electron chi connectivity index (χ2n) is 13.3. The predicted molar refractivity (Wildman–Crippen MR) is 181 cm³/mol. The summed E-state index contributed by atoms with van der Waals surface area (Å²) in [7, 11) is -7.76. The Morgan fingerprint density at radius 3 is 0.733 bits per heavy atom. The van der Waals surface area contributed by atoms with Gasteiger partial charge in [0.05, 0.1) is 0 Å². The molecule has 0 N–H and O–H groups in total. The molecule has 0 saturated carbocycles. The molecular formula is C32H72O10Si2Zr. The fraction of sp³-hybridized carbons (Fsp3) is 1.00. The van der Waals surface area contributed by atoms with E-state index in [0.717, 1.165) is 77.0 Å². The molecule has 0 spiro atoms. The second kappa shape index (κ2) is 25.0. The Bertz CT molecular complexity index is 595. The van der Waals surface area contributed by atoms with Crippen LogP contribution >= 0.6 is 0 Å². The van der Waals surface area contributed by atoms with Crippen molar-refractivity contribution < 1.29 is 59.2 Å². The van der Waals surface area contributed by atoms with E-state index in [9.17, 15) is 0 Å². The van der Waals surface area contributed by atoms with Gasteiger partial charge in [-0.15, -0.1) is 0 Å². The van der Waals surface area contributed by atoms with Gasteiger partial charge in [-0.1, -0.05) is 0 Å². The molecule has 0 aliphatic heterocycles. The summed E-state index contributed by atoms with van der Waals surface area (Å²) in [4.78, 5) is 0. The Morgan fingerprint density at radius 2 is 0.578 bits per heavy atom. The maximum absolute atomic E-state index is 7.10. The van der Waals surface area contributed by atoms with Gasteiger partial charge in [0.25, 0.3) is 0 Å². The first-order chi connectivity index (χ1) is 21.2.